The second kappa shape index (κ2) is 6.65. The summed E-state index contributed by atoms with van der Waals surface area (Å²) in [5.74, 6) is 0. The molecule has 0 saturated carbocycles. The Bertz CT molecular complexity index is 1080. The van der Waals surface area contributed by atoms with Gasteiger partial charge in [0.25, 0.3) is 0 Å². The fraction of sp³-hybridized carbons (Fsp3) is 0.143. The third kappa shape index (κ3) is 3.01. The van der Waals surface area contributed by atoms with Gasteiger partial charge in [-0.2, -0.15) is 0 Å². The van der Waals surface area contributed by atoms with E-state index in [2.05, 4.69) is 65.0 Å². The Hall–Kier alpha value is -2.72. The number of aromatic nitrogens is 2. The quantitative estimate of drug-likeness (QED) is 0.535. The molecule has 2 heterocycles. The molecule has 0 N–H and O–H groups in total. The molecule has 0 aliphatic rings. The number of benzene rings is 2. The van der Waals surface area contributed by atoms with Crippen LogP contribution in [-0.2, 0) is 13.0 Å². The number of nitrogens with zero attached hydrogens (tertiary/aromatic N) is 2. The molecule has 0 aliphatic heterocycles. The predicted octanol–water partition coefficient (Wildman–Crippen LogP) is 4.74. The van der Waals surface area contributed by atoms with Crippen LogP contribution in [-0.4, -0.2) is 9.55 Å². The van der Waals surface area contributed by atoms with Crippen molar-refractivity contribution in [1.82, 2.24) is 9.55 Å². The van der Waals surface area contributed by atoms with Crippen LogP contribution >= 0.6 is 11.3 Å². The van der Waals surface area contributed by atoms with Gasteiger partial charge in [-0.05, 0) is 23.1 Å². The van der Waals surface area contributed by atoms with Crippen molar-refractivity contribution < 1.29 is 0 Å². The number of aryl methyl sites for hydroxylation is 1. The summed E-state index contributed by atoms with van der Waals surface area (Å²) in [7, 11) is 0. The van der Waals surface area contributed by atoms with E-state index < -0.39 is 0 Å². The van der Waals surface area contributed by atoms with Gasteiger partial charge in [0, 0.05) is 18.8 Å². The molecule has 0 fully saturated rings. The predicted molar refractivity (Wildman–Crippen MR) is 104 cm³/mol. The maximum atomic E-state index is 12.1. The van der Waals surface area contributed by atoms with Crippen molar-refractivity contribution in [2.45, 2.75) is 19.9 Å². The Morgan fingerprint density at radius 2 is 1.76 bits per heavy atom. The first-order valence-corrected chi connectivity index (χ1v) is 9.20. The summed E-state index contributed by atoms with van der Waals surface area (Å²) in [6.07, 6.45) is 2.73. The lowest BCUT2D eigenvalue weighted by Gasteiger charge is -2.12. The second-order valence-electron chi connectivity index (χ2n) is 5.95. The fourth-order valence-corrected chi connectivity index (χ4v) is 4.02. The van der Waals surface area contributed by atoms with Crippen LogP contribution in [0.1, 0.15) is 17.5 Å². The monoisotopic (exact) mass is 346 g/mol. The van der Waals surface area contributed by atoms with E-state index in [0.29, 0.717) is 12.1 Å². The molecule has 0 unspecified atom stereocenters. The molecule has 4 heteroatoms. The summed E-state index contributed by atoms with van der Waals surface area (Å²) in [4.78, 5) is 17.6. The van der Waals surface area contributed by atoms with Crippen LogP contribution in [0, 0.1) is 0 Å². The Labute approximate surface area is 150 Å². The van der Waals surface area contributed by atoms with Crippen molar-refractivity contribution in [3.63, 3.8) is 0 Å². The Morgan fingerprint density at radius 1 is 1.00 bits per heavy atom. The number of hydrogen-bond donors (Lipinski definition) is 0. The maximum absolute atomic E-state index is 12.1. The van der Waals surface area contributed by atoms with E-state index in [1.807, 2.05) is 12.3 Å². The standard InChI is InChI=1S/C21H18N2OS/c1-2-19-22-20-18(24)12-13-23(21(20)25-19)14-16-10-6-7-11-17(16)15-8-4-3-5-9-15/h3-13H,2,14H2,1H3. The average Bonchev–Trinajstić information content (AvgIpc) is 3.11. The highest BCUT2D eigenvalue weighted by molar-refractivity contribution is 7.18. The largest absolute Gasteiger partial charge is 0.333 e. The third-order valence-corrected chi connectivity index (χ3v) is 5.54. The lowest BCUT2D eigenvalue weighted by molar-refractivity contribution is 0.833. The van der Waals surface area contributed by atoms with Crippen LogP contribution in [0.2, 0.25) is 0 Å². The zero-order chi connectivity index (χ0) is 17.2. The minimum absolute atomic E-state index is 0.00135. The van der Waals surface area contributed by atoms with E-state index in [4.69, 9.17) is 0 Å². The van der Waals surface area contributed by atoms with Crippen molar-refractivity contribution in [3.8, 4) is 11.1 Å². The van der Waals surface area contributed by atoms with Crippen molar-refractivity contribution in [3.05, 3.63) is 87.7 Å². The molecule has 124 valence electrons. The summed E-state index contributed by atoms with van der Waals surface area (Å²) in [6.45, 7) is 2.78. The van der Waals surface area contributed by atoms with Gasteiger partial charge >= 0.3 is 0 Å². The van der Waals surface area contributed by atoms with Gasteiger partial charge in [0.15, 0.2) is 0 Å². The molecule has 0 spiro atoms. The molecule has 3 nitrogen and oxygen atoms in total. The second-order valence-corrected chi connectivity index (χ2v) is 7.01. The molecular weight excluding hydrogens is 328 g/mol. The van der Waals surface area contributed by atoms with E-state index in [1.54, 1.807) is 17.4 Å². The summed E-state index contributed by atoms with van der Waals surface area (Å²) in [5, 5.41) is 1.00. The first kappa shape index (κ1) is 15.8. The lowest BCUT2D eigenvalue weighted by Crippen LogP contribution is -2.08. The molecule has 0 amide bonds. The number of hydrogen-bond acceptors (Lipinski definition) is 3. The van der Waals surface area contributed by atoms with Gasteiger partial charge in [0.1, 0.15) is 10.3 Å². The van der Waals surface area contributed by atoms with Crippen LogP contribution < -0.4 is 5.43 Å². The summed E-state index contributed by atoms with van der Waals surface area (Å²) < 4.78 is 2.13. The van der Waals surface area contributed by atoms with Gasteiger partial charge in [-0.3, -0.25) is 4.79 Å². The Kier molecular flexibility index (Phi) is 4.20. The molecule has 0 saturated heterocycles. The molecule has 2 aromatic carbocycles. The van der Waals surface area contributed by atoms with Crippen LogP contribution in [0.4, 0.5) is 0 Å². The molecule has 0 atom stereocenters. The molecule has 25 heavy (non-hydrogen) atoms. The molecular formula is C21H18N2OS. The molecule has 4 aromatic rings. The van der Waals surface area contributed by atoms with Crippen LogP contribution in [0.15, 0.2) is 71.7 Å². The molecule has 4 rings (SSSR count). The number of thiazole rings is 1. The smallest absolute Gasteiger partial charge is 0.208 e. The average molecular weight is 346 g/mol. The van der Waals surface area contributed by atoms with Gasteiger partial charge in [-0.25, -0.2) is 4.98 Å². The third-order valence-electron chi connectivity index (χ3n) is 4.30. The molecule has 2 aromatic heterocycles. The molecule has 0 bridgehead atoms. The van der Waals surface area contributed by atoms with Gasteiger partial charge in [-0.1, -0.05) is 61.5 Å². The first-order valence-electron chi connectivity index (χ1n) is 8.38. The lowest BCUT2D eigenvalue weighted by atomic mass is 10.00. The molecule has 0 radical (unpaired) electrons. The van der Waals surface area contributed by atoms with E-state index in [0.717, 1.165) is 16.3 Å². The summed E-state index contributed by atoms with van der Waals surface area (Å²) in [6, 6.07) is 20.4. The van der Waals surface area contributed by atoms with Gasteiger partial charge < -0.3 is 4.57 Å². The summed E-state index contributed by atoms with van der Waals surface area (Å²) in [5.41, 5.74) is 4.23. The highest BCUT2D eigenvalue weighted by atomic mass is 32.1. The Morgan fingerprint density at radius 3 is 2.56 bits per heavy atom. The topological polar surface area (TPSA) is 34.9 Å². The Balaban J connectivity index is 1.82. The number of rotatable bonds is 4. The highest BCUT2D eigenvalue weighted by Gasteiger charge is 2.11. The van der Waals surface area contributed by atoms with E-state index in [9.17, 15) is 4.79 Å². The van der Waals surface area contributed by atoms with Crippen LogP contribution in [0.25, 0.3) is 21.5 Å². The maximum Gasteiger partial charge on any atom is 0.208 e. The van der Waals surface area contributed by atoms with Gasteiger partial charge in [0.05, 0.1) is 5.01 Å². The zero-order valence-electron chi connectivity index (χ0n) is 14.0. The zero-order valence-corrected chi connectivity index (χ0v) is 14.8. The molecule has 0 aliphatic carbocycles. The van der Waals surface area contributed by atoms with Crippen molar-refractivity contribution >= 4 is 21.7 Å². The minimum Gasteiger partial charge on any atom is -0.333 e. The fourth-order valence-electron chi connectivity index (χ4n) is 3.03. The van der Waals surface area contributed by atoms with Crippen LogP contribution in [0.5, 0.6) is 0 Å². The minimum atomic E-state index is -0.00135. The van der Waals surface area contributed by atoms with Gasteiger partial charge in [0.2, 0.25) is 5.43 Å². The summed E-state index contributed by atoms with van der Waals surface area (Å²) >= 11 is 1.61. The van der Waals surface area contributed by atoms with E-state index >= 15 is 0 Å². The van der Waals surface area contributed by atoms with Crippen molar-refractivity contribution in [1.29, 1.82) is 0 Å². The van der Waals surface area contributed by atoms with E-state index in [1.165, 1.54) is 16.7 Å². The highest BCUT2D eigenvalue weighted by Crippen LogP contribution is 2.26. The van der Waals surface area contributed by atoms with Crippen molar-refractivity contribution in [2.75, 3.05) is 0 Å². The van der Waals surface area contributed by atoms with Gasteiger partial charge in [-0.15, -0.1) is 11.3 Å². The first-order chi connectivity index (χ1) is 12.3. The van der Waals surface area contributed by atoms with Crippen LogP contribution in [0.3, 0.4) is 0 Å². The van der Waals surface area contributed by atoms with Crippen molar-refractivity contribution in [2.24, 2.45) is 0 Å². The number of pyridine rings is 1. The van der Waals surface area contributed by atoms with E-state index in [-0.39, 0.29) is 5.43 Å². The number of fused-ring (bicyclic) bond motifs is 1. The SMILES string of the molecule is CCc1nc2c(=O)ccn(Cc3ccccc3-c3ccccc3)c2s1. The normalized spacial score (nSPS) is 11.1.